The quantitative estimate of drug-likeness (QED) is 0.715. The van der Waals surface area contributed by atoms with Gasteiger partial charge in [0.05, 0.1) is 19.1 Å². The molecule has 5 nitrogen and oxygen atoms in total. The summed E-state index contributed by atoms with van der Waals surface area (Å²) in [5.41, 5.74) is 1.10. The molecule has 1 aliphatic heterocycles. The molecule has 1 saturated heterocycles. The molecule has 1 heterocycles. The van der Waals surface area contributed by atoms with Crippen molar-refractivity contribution in [2.75, 3.05) is 19.6 Å². The molecule has 1 aliphatic rings. The zero-order chi connectivity index (χ0) is 16.0. The van der Waals surface area contributed by atoms with Crippen molar-refractivity contribution in [3.05, 3.63) is 35.9 Å². The van der Waals surface area contributed by atoms with E-state index >= 15 is 0 Å². The third-order valence-electron chi connectivity index (χ3n) is 3.43. The molecule has 0 aliphatic carbocycles. The summed E-state index contributed by atoms with van der Waals surface area (Å²) in [6, 6.07) is 8.73. The molecule has 3 N–H and O–H groups in total. The number of nitrogens with one attached hydrogen (secondary N) is 3. The highest BCUT2D eigenvalue weighted by Gasteiger charge is 2.42. The molecule has 8 heteroatoms. The van der Waals surface area contributed by atoms with Crippen LogP contribution in [-0.4, -0.2) is 43.4 Å². The van der Waals surface area contributed by atoms with Gasteiger partial charge in [0, 0.05) is 13.0 Å². The van der Waals surface area contributed by atoms with Gasteiger partial charge in [-0.2, -0.15) is 0 Å². The van der Waals surface area contributed by atoms with Crippen molar-refractivity contribution in [1.29, 1.82) is 0 Å². The zero-order valence-corrected chi connectivity index (χ0v) is 13.3. The fourth-order valence-electron chi connectivity index (χ4n) is 2.24. The number of carbonyl (C=O) groups is 2. The average Bonchev–Trinajstić information content (AvgIpc) is 2.86. The van der Waals surface area contributed by atoms with Gasteiger partial charge < -0.3 is 10.6 Å². The number of amides is 2. The number of carbonyl (C=O) groups excluding carboxylic acids is 2. The van der Waals surface area contributed by atoms with Gasteiger partial charge in [-0.25, -0.2) is 8.78 Å². The fourth-order valence-corrected chi connectivity index (χ4v) is 2.24. The minimum atomic E-state index is -2.86. The lowest BCUT2D eigenvalue weighted by molar-refractivity contribution is -0.127. The average molecular weight is 348 g/mol. The lowest BCUT2D eigenvalue weighted by Gasteiger charge is -2.11. The van der Waals surface area contributed by atoms with Crippen LogP contribution in [0.25, 0.3) is 0 Å². The Kier molecular flexibility index (Phi) is 7.38. The van der Waals surface area contributed by atoms with Gasteiger partial charge in [0.15, 0.2) is 0 Å². The van der Waals surface area contributed by atoms with Crippen molar-refractivity contribution in [2.24, 2.45) is 0 Å². The fraction of sp³-hybridized carbons (Fsp3) is 0.467. The van der Waals surface area contributed by atoms with E-state index in [1.54, 1.807) is 0 Å². The van der Waals surface area contributed by atoms with E-state index in [0.29, 0.717) is 13.0 Å². The predicted molar refractivity (Wildman–Crippen MR) is 84.8 cm³/mol. The Hall–Kier alpha value is -1.73. The van der Waals surface area contributed by atoms with Crippen LogP contribution in [0, 0.1) is 0 Å². The largest absolute Gasteiger partial charge is 0.354 e. The standard InChI is InChI=1S/C15H19F2N3O2.ClH/c16-15(17)8-12(20-10-15)14(22)19-9-13(21)18-7-6-11-4-2-1-3-5-11;/h1-5,12,20H,6-10H2,(H,18,21)(H,19,22);1H. The molecule has 1 atom stereocenters. The van der Waals surface area contributed by atoms with Crippen LogP contribution in [0.15, 0.2) is 30.3 Å². The topological polar surface area (TPSA) is 70.2 Å². The molecule has 1 aromatic carbocycles. The van der Waals surface area contributed by atoms with E-state index in [1.807, 2.05) is 30.3 Å². The van der Waals surface area contributed by atoms with Crippen molar-refractivity contribution >= 4 is 24.2 Å². The summed E-state index contributed by atoms with van der Waals surface area (Å²) in [7, 11) is 0. The van der Waals surface area contributed by atoms with Crippen LogP contribution >= 0.6 is 12.4 Å². The molecule has 1 fully saturated rings. The highest BCUT2D eigenvalue weighted by Crippen LogP contribution is 2.24. The molecule has 2 amide bonds. The maximum atomic E-state index is 13.0. The van der Waals surface area contributed by atoms with Gasteiger partial charge in [0.2, 0.25) is 11.8 Å². The van der Waals surface area contributed by atoms with E-state index in [1.165, 1.54) is 0 Å². The normalized spacial score (nSPS) is 18.8. The molecule has 2 rings (SSSR count). The first kappa shape index (κ1) is 19.3. The Morgan fingerprint density at radius 3 is 2.52 bits per heavy atom. The van der Waals surface area contributed by atoms with E-state index < -0.39 is 30.8 Å². The van der Waals surface area contributed by atoms with Crippen LogP contribution < -0.4 is 16.0 Å². The molecule has 1 unspecified atom stereocenters. The highest BCUT2D eigenvalue weighted by molar-refractivity contribution is 5.87. The van der Waals surface area contributed by atoms with Crippen molar-refractivity contribution in [1.82, 2.24) is 16.0 Å². The predicted octanol–water partition coefficient (Wildman–Crippen LogP) is 0.880. The summed E-state index contributed by atoms with van der Waals surface area (Å²) in [6.45, 7) is -0.260. The van der Waals surface area contributed by atoms with E-state index in [-0.39, 0.29) is 24.9 Å². The Morgan fingerprint density at radius 1 is 1.22 bits per heavy atom. The Labute approximate surface area is 139 Å². The Bertz CT molecular complexity index is 529. The molecule has 23 heavy (non-hydrogen) atoms. The zero-order valence-electron chi connectivity index (χ0n) is 12.5. The van der Waals surface area contributed by atoms with E-state index in [0.717, 1.165) is 5.56 Å². The van der Waals surface area contributed by atoms with Crippen molar-refractivity contribution < 1.29 is 18.4 Å². The molecular formula is C15H20ClF2N3O2. The van der Waals surface area contributed by atoms with Crippen molar-refractivity contribution in [3.8, 4) is 0 Å². The van der Waals surface area contributed by atoms with Crippen molar-refractivity contribution in [2.45, 2.75) is 24.8 Å². The van der Waals surface area contributed by atoms with Crippen molar-refractivity contribution in [3.63, 3.8) is 0 Å². The number of halogens is 3. The van der Waals surface area contributed by atoms with E-state index in [2.05, 4.69) is 16.0 Å². The monoisotopic (exact) mass is 347 g/mol. The summed E-state index contributed by atoms with van der Waals surface area (Å²) in [5, 5.41) is 7.48. The first-order chi connectivity index (χ1) is 10.5. The number of hydrogen-bond donors (Lipinski definition) is 3. The van der Waals surface area contributed by atoms with Gasteiger partial charge in [-0.3, -0.25) is 14.9 Å². The van der Waals surface area contributed by atoms with E-state index in [4.69, 9.17) is 0 Å². The summed E-state index contributed by atoms with van der Waals surface area (Å²) >= 11 is 0. The molecule has 0 spiro atoms. The lowest BCUT2D eigenvalue weighted by Crippen LogP contribution is -2.45. The molecule has 1 aromatic rings. The van der Waals surface area contributed by atoms with E-state index in [9.17, 15) is 18.4 Å². The third kappa shape index (κ3) is 6.50. The first-order valence-corrected chi connectivity index (χ1v) is 7.16. The SMILES string of the molecule is Cl.O=C(CNC(=O)C1CC(F)(F)CN1)NCCc1ccccc1. The molecular weight excluding hydrogens is 328 g/mol. The van der Waals surface area contributed by atoms with Crippen LogP contribution in [0.5, 0.6) is 0 Å². The first-order valence-electron chi connectivity index (χ1n) is 7.16. The Balaban J connectivity index is 0.00000264. The molecule has 0 radical (unpaired) electrons. The summed E-state index contributed by atoms with van der Waals surface area (Å²) < 4.78 is 25.9. The summed E-state index contributed by atoms with van der Waals surface area (Å²) in [5.74, 6) is -3.77. The molecule has 128 valence electrons. The van der Waals surface area contributed by atoms with Crippen LogP contribution in [0.2, 0.25) is 0 Å². The molecule has 0 saturated carbocycles. The minimum Gasteiger partial charge on any atom is -0.354 e. The van der Waals surface area contributed by atoms with Crippen LogP contribution in [0.3, 0.4) is 0 Å². The highest BCUT2D eigenvalue weighted by atomic mass is 35.5. The molecule has 0 bridgehead atoms. The Morgan fingerprint density at radius 2 is 1.91 bits per heavy atom. The van der Waals surface area contributed by atoms with Crippen LogP contribution in [-0.2, 0) is 16.0 Å². The minimum absolute atomic E-state index is 0. The second kappa shape index (κ2) is 8.79. The molecule has 0 aromatic heterocycles. The van der Waals surface area contributed by atoms with Gasteiger partial charge in [-0.15, -0.1) is 12.4 Å². The summed E-state index contributed by atoms with van der Waals surface area (Å²) in [4.78, 5) is 23.2. The second-order valence-corrected chi connectivity index (χ2v) is 5.30. The van der Waals surface area contributed by atoms with Gasteiger partial charge in [0.1, 0.15) is 0 Å². The van der Waals surface area contributed by atoms with Gasteiger partial charge >= 0.3 is 0 Å². The maximum absolute atomic E-state index is 13.0. The van der Waals surface area contributed by atoms with Gasteiger partial charge in [0.25, 0.3) is 5.92 Å². The number of alkyl halides is 2. The third-order valence-corrected chi connectivity index (χ3v) is 3.43. The second-order valence-electron chi connectivity index (χ2n) is 5.30. The number of hydrogen-bond acceptors (Lipinski definition) is 3. The summed E-state index contributed by atoms with van der Waals surface area (Å²) in [6.07, 6.45) is 0.158. The van der Waals surface area contributed by atoms with Gasteiger partial charge in [-0.1, -0.05) is 30.3 Å². The van der Waals surface area contributed by atoms with Crippen LogP contribution in [0.4, 0.5) is 8.78 Å². The number of benzene rings is 1. The lowest BCUT2D eigenvalue weighted by atomic mass is 10.1. The maximum Gasteiger partial charge on any atom is 0.262 e. The number of rotatable bonds is 6. The van der Waals surface area contributed by atoms with Gasteiger partial charge in [-0.05, 0) is 12.0 Å². The smallest absolute Gasteiger partial charge is 0.262 e. The van der Waals surface area contributed by atoms with Crippen LogP contribution in [0.1, 0.15) is 12.0 Å².